The fraction of sp³-hybridized carbons (Fsp3) is 0.429. The summed E-state index contributed by atoms with van der Waals surface area (Å²) in [5.74, 6) is -1.17. The van der Waals surface area contributed by atoms with Crippen molar-refractivity contribution >= 4 is 23.3 Å². The second kappa shape index (κ2) is 6.38. The zero-order chi connectivity index (χ0) is 14.5. The van der Waals surface area contributed by atoms with Crippen LogP contribution >= 0.6 is 0 Å². The maximum atomic E-state index is 12.5. The molecule has 0 radical (unpaired) electrons. The molecule has 0 aliphatic carbocycles. The molecule has 0 saturated carbocycles. The Morgan fingerprint density at radius 1 is 1.40 bits per heavy atom. The molecule has 108 valence electrons. The number of nitrogens with zero attached hydrogens (tertiary/aromatic N) is 1. The molecule has 6 heteroatoms. The molecule has 1 aliphatic heterocycles. The minimum absolute atomic E-state index is 0.0856. The first-order chi connectivity index (χ1) is 9.59. The summed E-state index contributed by atoms with van der Waals surface area (Å²) < 4.78 is 5.38. The highest BCUT2D eigenvalue weighted by atomic mass is 16.5. The van der Waals surface area contributed by atoms with Gasteiger partial charge < -0.3 is 20.5 Å². The number of carbonyl (C=O) groups is 2. The van der Waals surface area contributed by atoms with Crippen LogP contribution in [0.2, 0.25) is 0 Å². The van der Waals surface area contributed by atoms with E-state index in [4.69, 9.17) is 15.6 Å². The van der Waals surface area contributed by atoms with Crippen molar-refractivity contribution in [2.75, 3.05) is 23.8 Å². The highest BCUT2D eigenvalue weighted by molar-refractivity contribution is 5.99. The summed E-state index contributed by atoms with van der Waals surface area (Å²) in [5, 5.41) is 8.83. The number of nitrogen functional groups attached to an aromatic ring is 1. The number of carbonyl (C=O) groups excluding carboxylic acids is 1. The average Bonchev–Trinajstić information content (AvgIpc) is 2.94. The van der Waals surface area contributed by atoms with E-state index in [1.807, 2.05) is 0 Å². The summed E-state index contributed by atoms with van der Waals surface area (Å²) in [6.07, 6.45) is 0.874. The average molecular weight is 278 g/mol. The van der Waals surface area contributed by atoms with Gasteiger partial charge in [0.25, 0.3) is 5.91 Å². The highest BCUT2D eigenvalue weighted by Gasteiger charge is 2.30. The van der Waals surface area contributed by atoms with E-state index in [0.29, 0.717) is 24.4 Å². The van der Waals surface area contributed by atoms with Crippen molar-refractivity contribution in [2.24, 2.45) is 0 Å². The fourth-order valence-electron chi connectivity index (χ4n) is 2.24. The lowest BCUT2D eigenvalue weighted by molar-refractivity contribution is -0.136. The number of aliphatic carboxylic acids is 1. The number of rotatable bonds is 5. The summed E-state index contributed by atoms with van der Waals surface area (Å²) >= 11 is 0. The Balaban J connectivity index is 2.21. The zero-order valence-electron chi connectivity index (χ0n) is 11.1. The van der Waals surface area contributed by atoms with Crippen molar-refractivity contribution < 1.29 is 19.4 Å². The summed E-state index contributed by atoms with van der Waals surface area (Å²) in [5.41, 5.74) is 6.87. The smallest absolute Gasteiger partial charge is 0.305 e. The van der Waals surface area contributed by atoms with E-state index in [1.54, 1.807) is 24.3 Å². The van der Waals surface area contributed by atoms with E-state index in [-0.39, 0.29) is 18.9 Å². The van der Waals surface area contributed by atoms with Gasteiger partial charge in [0.2, 0.25) is 0 Å². The molecule has 1 aliphatic rings. The Kier molecular flexibility index (Phi) is 4.57. The van der Waals surface area contributed by atoms with Crippen LogP contribution in [0, 0.1) is 0 Å². The third-order valence-electron chi connectivity index (χ3n) is 3.25. The molecule has 20 heavy (non-hydrogen) atoms. The fourth-order valence-corrected chi connectivity index (χ4v) is 2.24. The lowest BCUT2D eigenvalue weighted by Crippen LogP contribution is -2.40. The van der Waals surface area contributed by atoms with Crippen LogP contribution in [0.1, 0.15) is 19.3 Å². The van der Waals surface area contributed by atoms with Gasteiger partial charge in [-0.05, 0) is 25.0 Å². The SMILES string of the molecule is Nc1ccccc1N(CCC(=O)O)C(=O)C1CCCO1. The van der Waals surface area contributed by atoms with E-state index in [1.165, 1.54) is 4.90 Å². The number of hydrogen-bond acceptors (Lipinski definition) is 4. The van der Waals surface area contributed by atoms with Gasteiger partial charge in [-0.25, -0.2) is 0 Å². The summed E-state index contributed by atoms with van der Waals surface area (Å²) in [6.45, 7) is 0.649. The molecule has 6 nitrogen and oxygen atoms in total. The van der Waals surface area contributed by atoms with Gasteiger partial charge in [-0.1, -0.05) is 12.1 Å². The number of anilines is 2. The number of carboxylic acids is 1. The van der Waals surface area contributed by atoms with E-state index >= 15 is 0 Å². The molecule has 1 amide bonds. The van der Waals surface area contributed by atoms with Gasteiger partial charge in [0.15, 0.2) is 0 Å². The van der Waals surface area contributed by atoms with Gasteiger partial charge >= 0.3 is 5.97 Å². The lowest BCUT2D eigenvalue weighted by Gasteiger charge is -2.26. The van der Waals surface area contributed by atoms with E-state index in [9.17, 15) is 9.59 Å². The van der Waals surface area contributed by atoms with Gasteiger partial charge in [0, 0.05) is 13.2 Å². The molecule has 1 fully saturated rings. The van der Waals surface area contributed by atoms with Gasteiger partial charge in [-0.2, -0.15) is 0 Å². The quantitative estimate of drug-likeness (QED) is 0.791. The topological polar surface area (TPSA) is 92.9 Å². The molecule has 0 bridgehead atoms. The number of amides is 1. The Morgan fingerprint density at radius 3 is 2.75 bits per heavy atom. The van der Waals surface area contributed by atoms with Crippen LogP contribution in [0.3, 0.4) is 0 Å². The second-order valence-corrected chi connectivity index (χ2v) is 4.69. The molecule has 1 unspecified atom stereocenters. The van der Waals surface area contributed by atoms with Gasteiger partial charge in [0.05, 0.1) is 17.8 Å². The van der Waals surface area contributed by atoms with Crippen molar-refractivity contribution in [1.82, 2.24) is 0 Å². The van der Waals surface area contributed by atoms with E-state index in [0.717, 1.165) is 6.42 Å². The highest BCUT2D eigenvalue weighted by Crippen LogP contribution is 2.25. The summed E-state index contributed by atoms with van der Waals surface area (Å²) in [4.78, 5) is 24.6. The molecule has 0 aromatic heterocycles. The lowest BCUT2D eigenvalue weighted by atomic mass is 10.1. The van der Waals surface area contributed by atoms with Crippen molar-refractivity contribution in [1.29, 1.82) is 0 Å². The van der Waals surface area contributed by atoms with Crippen molar-refractivity contribution in [3.8, 4) is 0 Å². The normalized spacial score (nSPS) is 17.9. The monoisotopic (exact) mass is 278 g/mol. The third-order valence-corrected chi connectivity index (χ3v) is 3.25. The van der Waals surface area contributed by atoms with Crippen LogP contribution in [-0.4, -0.2) is 36.2 Å². The predicted molar refractivity (Wildman–Crippen MR) is 74.4 cm³/mol. The Hall–Kier alpha value is -2.08. The Bertz CT molecular complexity index is 498. The minimum atomic E-state index is -0.954. The van der Waals surface area contributed by atoms with Crippen molar-refractivity contribution in [2.45, 2.75) is 25.4 Å². The van der Waals surface area contributed by atoms with Gasteiger partial charge in [-0.15, -0.1) is 0 Å². The van der Waals surface area contributed by atoms with Crippen molar-refractivity contribution in [3.63, 3.8) is 0 Å². The molecule has 0 spiro atoms. The first-order valence-corrected chi connectivity index (χ1v) is 6.59. The summed E-state index contributed by atoms with van der Waals surface area (Å²) in [6, 6.07) is 6.93. The molecule has 1 aromatic rings. The molecule has 1 heterocycles. The Morgan fingerprint density at radius 2 is 2.15 bits per heavy atom. The van der Waals surface area contributed by atoms with Gasteiger partial charge in [0.1, 0.15) is 6.10 Å². The molecule has 1 saturated heterocycles. The van der Waals surface area contributed by atoms with Gasteiger partial charge in [-0.3, -0.25) is 9.59 Å². The maximum Gasteiger partial charge on any atom is 0.305 e. The van der Waals surface area contributed by atoms with E-state index < -0.39 is 12.1 Å². The molecular formula is C14H18N2O4. The molecule has 3 N–H and O–H groups in total. The van der Waals surface area contributed by atoms with Crippen LogP contribution in [0.4, 0.5) is 11.4 Å². The first kappa shape index (κ1) is 14.3. The number of nitrogens with two attached hydrogens (primary N) is 1. The summed E-state index contributed by atoms with van der Waals surface area (Å²) in [7, 11) is 0. The van der Waals surface area contributed by atoms with Crippen LogP contribution in [0.5, 0.6) is 0 Å². The molecule has 1 atom stereocenters. The number of benzene rings is 1. The standard InChI is InChI=1S/C14H18N2O4/c15-10-4-1-2-5-11(10)16(8-7-13(17)18)14(19)12-6-3-9-20-12/h1-2,4-5,12H,3,6-9,15H2,(H,17,18). The van der Waals surface area contributed by atoms with E-state index in [2.05, 4.69) is 0 Å². The second-order valence-electron chi connectivity index (χ2n) is 4.69. The van der Waals surface area contributed by atoms with Crippen LogP contribution in [0.15, 0.2) is 24.3 Å². The molecule has 2 rings (SSSR count). The minimum Gasteiger partial charge on any atom is -0.481 e. The molecule has 1 aromatic carbocycles. The number of hydrogen-bond donors (Lipinski definition) is 2. The van der Waals surface area contributed by atoms with Crippen molar-refractivity contribution in [3.05, 3.63) is 24.3 Å². The zero-order valence-corrected chi connectivity index (χ0v) is 11.1. The van der Waals surface area contributed by atoms with Crippen LogP contribution in [-0.2, 0) is 14.3 Å². The number of ether oxygens (including phenoxy) is 1. The third kappa shape index (κ3) is 3.27. The predicted octanol–water partition coefficient (Wildman–Crippen LogP) is 1.26. The first-order valence-electron chi connectivity index (χ1n) is 6.59. The largest absolute Gasteiger partial charge is 0.481 e. The number of carboxylic acid groups (broad SMARTS) is 1. The maximum absolute atomic E-state index is 12.5. The van der Waals surface area contributed by atoms with Crippen LogP contribution < -0.4 is 10.6 Å². The molecular weight excluding hydrogens is 260 g/mol. The Labute approximate surface area is 117 Å². The number of para-hydroxylation sites is 2. The van der Waals surface area contributed by atoms with Crippen LogP contribution in [0.25, 0.3) is 0 Å².